The van der Waals surface area contributed by atoms with E-state index in [1.54, 1.807) is 18.4 Å². The van der Waals surface area contributed by atoms with Gasteiger partial charge in [-0.3, -0.25) is 0 Å². The maximum absolute atomic E-state index is 9.45. The van der Waals surface area contributed by atoms with Crippen LogP contribution in [-0.2, 0) is 6.54 Å². The van der Waals surface area contributed by atoms with Gasteiger partial charge in [-0.15, -0.1) is 0 Å². The lowest BCUT2D eigenvalue weighted by Crippen LogP contribution is -2.25. The number of hydrogen-bond donors (Lipinski definition) is 1. The molecule has 1 rings (SSSR count). The van der Waals surface area contributed by atoms with Crippen molar-refractivity contribution >= 4 is 23.2 Å². The molecule has 0 bridgehead atoms. The molecule has 0 fully saturated rings. The molecular formula is C7H10Cl2N2O. The fourth-order valence-electron chi connectivity index (χ4n) is 0.870. The first kappa shape index (κ1) is 9.84. The Balaban J connectivity index is 2.83. The van der Waals surface area contributed by atoms with Crippen molar-refractivity contribution in [3.63, 3.8) is 0 Å². The molecular weight excluding hydrogens is 199 g/mol. The zero-order chi connectivity index (χ0) is 9.35. The molecule has 0 atom stereocenters. The Bertz CT molecular complexity index is 277. The summed E-state index contributed by atoms with van der Waals surface area (Å²) >= 11 is 11.4. The number of halogens is 2. The molecule has 5 heteroatoms. The molecule has 68 valence electrons. The van der Waals surface area contributed by atoms with E-state index in [0.717, 1.165) is 0 Å². The Labute approximate surface area is 80.9 Å². The summed E-state index contributed by atoms with van der Waals surface area (Å²) in [6.07, 6.45) is 1.50. The van der Waals surface area contributed by atoms with Gasteiger partial charge in [0.1, 0.15) is 5.15 Å². The van der Waals surface area contributed by atoms with Gasteiger partial charge in [-0.25, -0.2) is 4.98 Å². The van der Waals surface area contributed by atoms with Crippen LogP contribution in [-0.4, -0.2) is 20.3 Å². The van der Waals surface area contributed by atoms with Gasteiger partial charge in [0, 0.05) is 0 Å². The molecule has 0 saturated carbocycles. The summed E-state index contributed by atoms with van der Waals surface area (Å²) in [5, 5.41) is 10.1. The van der Waals surface area contributed by atoms with Crippen LogP contribution in [0, 0.1) is 0 Å². The zero-order valence-electron chi connectivity index (χ0n) is 6.88. The van der Waals surface area contributed by atoms with Crippen LogP contribution in [0.5, 0.6) is 0 Å². The average Bonchev–Trinajstić information content (AvgIpc) is 2.16. The van der Waals surface area contributed by atoms with Crippen molar-refractivity contribution in [2.75, 3.05) is 0 Å². The Hall–Kier alpha value is -0.250. The minimum atomic E-state index is -0.812. The lowest BCUT2D eigenvalue weighted by atomic mass is 10.1. The molecule has 0 spiro atoms. The van der Waals surface area contributed by atoms with Crippen LogP contribution in [0.1, 0.15) is 13.8 Å². The van der Waals surface area contributed by atoms with Crippen LogP contribution >= 0.6 is 23.2 Å². The van der Waals surface area contributed by atoms with Crippen molar-refractivity contribution in [1.82, 2.24) is 9.55 Å². The van der Waals surface area contributed by atoms with Gasteiger partial charge < -0.3 is 9.67 Å². The minimum Gasteiger partial charge on any atom is -0.389 e. The second-order valence-corrected chi connectivity index (χ2v) is 3.98. The summed E-state index contributed by atoms with van der Waals surface area (Å²) in [6.45, 7) is 3.76. The van der Waals surface area contributed by atoms with E-state index in [4.69, 9.17) is 23.2 Å². The first-order valence-electron chi connectivity index (χ1n) is 3.48. The molecule has 3 nitrogen and oxygen atoms in total. The highest BCUT2D eigenvalue weighted by Gasteiger charge is 2.16. The van der Waals surface area contributed by atoms with Gasteiger partial charge >= 0.3 is 0 Å². The number of hydrogen-bond acceptors (Lipinski definition) is 2. The fourth-order valence-corrected chi connectivity index (χ4v) is 1.17. The summed E-state index contributed by atoms with van der Waals surface area (Å²) in [5.74, 6) is 0. The SMILES string of the molecule is CC(C)(O)Cn1cnc(Cl)c1Cl. The zero-order valence-corrected chi connectivity index (χ0v) is 8.39. The van der Waals surface area contributed by atoms with E-state index in [-0.39, 0.29) is 5.15 Å². The van der Waals surface area contributed by atoms with Crippen LogP contribution < -0.4 is 0 Å². The Morgan fingerprint density at radius 3 is 2.50 bits per heavy atom. The standard InChI is InChI=1S/C7H10Cl2N2O/c1-7(2,12)3-11-4-10-5(8)6(11)9/h4,12H,3H2,1-2H3. The molecule has 0 aliphatic heterocycles. The fraction of sp³-hybridized carbons (Fsp3) is 0.571. The molecule has 1 heterocycles. The van der Waals surface area contributed by atoms with Gasteiger partial charge in [0.05, 0.1) is 18.5 Å². The molecule has 0 saturated heterocycles. The van der Waals surface area contributed by atoms with Crippen LogP contribution in [0.25, 0.3) is 0 Å². The highest BCUT2D eigenvalue weighted by atomic mass is 35.5. The Morgan fingerprint density at radius 1 is 1.58 bits per heavy atom. The molecule has 0 aliphatic carbocycles. The van der Waals surface area contributed by atoms with Gasteiger partial charge in [-0.1, -0.05) is 23.2 Å². The van der Waals surface area contributed by atoms with E-state index < -0.39 is 5.60 Å². The minimum absolute atomic E-state index is 0.265. The van der Waals surface area contributed by atoms with Gasteiger partial charge in [0.25, 0.3) is 0 Å². The summed E-state index contributed by atoms with van der Waals surface area (Å²) in [7, 11) is 0. The third-order valence-electron chi connectivity index (χ3n) is 1.29. The third kappa shape index (κ3) is 2.37. The van der Waals surface area contributed by atoms with Crippen molar-refractivity contribution in [1.29, 1.82) is 0 Å². The second kappa shape index (κ2) is 3.24. The van der Waals surface area contributed by atoms with E-state index in [1.807, 2.05) is 0 Å². The number of imidazole rings is 1. The van der Waals surface area contributed by atoms with E-state index in [9.17, 15) is 5.11 Å². The van der Waals surface area contributed by atoms with Crippen LogP contribution in [0.2, 0.25) is 10.3 Å². The monoisotopic (exact) mass is 208 g/mol. The van der Waals surface area contributed by atoms with Crippen molar-refractivity contribution < 1.29 is 5.11 Å². The van der Waals surface area contributed by atoms with Gasteiger partial charge in [-0.05, 0) is 13.8 Å². The highest BCUT2D eigenvalue weighted by molar-refractivity contribution is 6.40. The largest absolute Gasteiger partial charge is 0.389 e. The normalized spacial score (nSPS) is 12.1. The smallest absolute Gasteiger partial charge is 0.166 e. The maximum Gasteiger partial charge on any atom is 0.166 e. The van der Waals surface area contributed by atoms with Crippen molar-refractivity contribution in [2.24, 2.45) is 0 Å². The lowest BCUT2D eigenvalue weighted by molar-refractivity contribution is 0.0616. The topological polar surface area (TPSA) is 38.0 Å². The van der Waals surface area contributed by atoms with Crippen LogP contribution in [0.4, 0.5) is 0 Å². The van der Waals surface area contributed by atoms with Crippen LogP contribution in [0.15, 0.2) is 6.33 Å². The van der Waals surface area contributed by atoms with E-state index in [2.05, 4.69) is 4.98 Å². The van der Waals surface area contributed by atoms with Crippen molar-refractivity contribution in [2.45, 2.75) is 26.0 Å². The van der Waals surface area contributed by atoms with Gasteiger partial charge in [-0.2, -0.15) is 0 Å². The molecule has 0 aliphatic rings. The van der Waals surface area contributed by atoms with Crippen molar-refractivity contribution in [3.8, 4) is 0 Å². The predicted molar refractivity (Wildman–Crippen MR) is 48.5 cm³/mol. The van der Waals surface area contributed by atoms with E-state index in [1.165, 1.54) is 6.33 Å². The number of rotatable bonds is 2. The molecule has 0 unspecified atom stereocenters. The Kier molecular flexibility index (Phi) is 2.66. The third-order valence-corrected chi connectivity index (χ3v) is 2.06. The number of aliphatic hydroxyl groups is 1. The number of nitrogens with zero attached hydrogens (tertiary/aromatic N) is 2. The average molecular weight is 209 g/mol. The first-order valence-corrected chi connectivity index (χ1v) is 4.24. The summed E-state index contributed by atoms with van der Waals surface area (Å²) in [4.78, 5) is 3.79. The van der Waals surface area contributed by atoms with Gasteiger partial charge in [0.15, 0.2) is 5.15 Å². The second-order valence-electron chi connectivity index (χ2n) is 3.27. The lowest BCUT2D eigenvalue weighted by Gasteiger charge is -2.17. The molecule has 0 amide bonds. The first-order chi connectivity index (χ1) is 5.40. The predicted octanol–water partition coefficient (Wildman–Crippen LogP) is 1.96. The highest BCUT2D eigenvalue weighted by Crippen LogP contribution is 2.21. The van der Waals surface area contributed by atoms with E-state index in [0.29, 0.717) is 11.7 Å². The van der Waals surface area contributed by atoms with Crippen LogP contribution in [0.3, 0.4) is 0 Å². The van der Waals surface area contributed by atoms with Crippen molar-refractivity contribution in [3.05, 3.63) is 16.6 Å². The molecule has 1 aromatic heterocycles. The molecule has 1 aromatic rings. The Morgan fingerprint density at radius 2 is 2.17 bits per heavy atom. The summed E-state index contributed by atoms with van der Waals surface area (Å²) in [5.41, 5.74) is -0.812. The summed E-state index contributed by atoms with van der Waals surface area (Å²) < 4.78 is 1.60. The van der Waals surface area contributed by atoms with E-state index >= 15 is 0 Å². The summed E-state index contributed by atoms with van der Waals surface area (Å²) in [6, 6.07) is 0. The molecule has 0 aromatic carbocycles. The molecule has 12 heavy (non-hydrogen) atoms. The maximum atomic E-state index is 9.45. The number of aromatic nitrogens is 2. The quantitative estimate of drug-likeness (QED) is 0.808. The van der Waals surface area contributed by atoms with Gasteiger partial charge in [0.2, 0.25) is 0 Å². The molecule has 1 N–H and O–H groups in total. The molecule has 0 radical (unpaired) electrons.